The summed E-state index contributed by atoms with van der Waals surface area (Å²) in [5.74, 6) is -0.372. The summed E-state index contributed by atoms with van der Waals surface area (Å²) in [6.45, 7) is 0.417. The molecule has 7 heteroatoms. The standard InChI is InChI=1S/C20H19N3O4/c24-12-20(10-16(20)13-5-2-1-3-6-13)11-21-18(25)15-8-4-7-14(9-15)17-22-19(26)27-23-17/h1-9,16,24H,10-12H2,(H,21,25)(H,22,23,26). The van der Waals surface area contributed by atoms with E-state index >= 15 is 0 Å². The highest BCUT2D eigenvalue weighted by molar-refractivity contribution is 5.95. The summed E-state index contributed by atoms with van der Waals surface area (Å²) in [6, 6.07) is 16.8. The molecule has 0 saturated heterocycles. The van der Waals surface area contributed by atoms with Crippen molar-refractivity contribution in [3.63, 3.8) is 0 Å². The number of hydrogen-bond donors (Lipinski definition) is 3. The Morgan fingerprint density at radius 2 is 2.07 bits per heavy atom. The minimum absolute atomic E-state index is 0.0209. The van der Waals surface area contributed by atoms with E-state index in [0.29, 0.717) is 17.7 Å². The van der Waals surface area contributed by atoms with E-state index in [4.69, 9.17) is 0 Å². The highest BCUT2D eigenvalue weighted by Gasteiger charge is 2.54. The van der Waals surface area contributed by atoms with Gasteiger partial charge < -0.3 is 10.4 Å². The molecular formula is C20H19N3O4. The maximum absolute atomic E-state index is 12.6. The number of benzene rings is 2. The van der Waals surface area contributed by atoms with Gasteiger partial charge >= 0.3 is 5.76 Å². The highest BCUT2D eigenvalue weighted by atomic mass is 16.5. The lowest BCUT2D eigenvalue weighted by molar-refractivity contribution is 0.0934. The average molecular weight is 365 g/mol. The number of aliphatic hydroxyl groups excluding tert-OH is 1. The Bertz CT molecular complexity index is 1010. The SMILES string of the molecule is O=C(NCC1(CO)CC1c1ccccc1)c1cccc(-c2noc(=O)[nH]2)c1. The van der Waals surface area contributed by atoms with Crippen LogP contribution in [0.4, 0.5) is 0 Å². The Labute approximate surface area is 155 Å². The zero-order valence-corrected chi connectivity index (χ0v) is 14.5. The van der Waals surface area contributed by atoms with Crippen molar-refractivity contribution in [2.24, 2.45) is 5.41 Å². The van der Waals surface area contributed by atoms with Crippen molar-refractivity contribution in [3.05, 3.63) is 76.3 Å². The summed E-state index contributed by atoms with van der Waals surface area (Å²) < 4.78 is 4.50. The van der Waals surface area contributed by atoms with Crippen LogP contribution in [-0.4, -0.2) is 34.3 Å². The van der Waals surface area contributed by atoms with Gasteiger partial charge in [0.2, 0.25) is 0 Å². The summed E-state index contributed by atoms with van der Waals surface area (Å²) in [6.07, 6.45) is 0.841. The Morgan fingerprint density at radius 3 is 2.78 bits per heavy atom. The first kappa shape index (κ1) is 17.2. The van der Waals surface area contributed by atoms with Gasteiger partial charge in [-0.2, -0.15) is 0 Å². The molecule has 4 rings (SSSR count). The molecule has 1 aliphatic rings. The molecule has 3 aromatic rings. The third kappa shape index (κ3) is 3.41. The van der Waals surface area contributed by atoms with Crippen LogP contribution in [-0.2, 0) is 0 Å². The van der Waals surface area contributed by atoms with Gasteiger partial charge in [0.25, 0.3) is 5.91 Å². The van der Waals surface area contributed by atoms with Gasteiger partial charge in [-0.3, -0.25) is 14.3 Å². The topological polar surface area (TPSA) is 108 Å². The molecule has 0 spiro atoms. The van der Waals surface area contributed by atoms with Gasteiger partial charge in [0.05, 0.1) is 6.61 Å². The van der Waals surface area contributed by atoms with Gasteiger partial charge in [0.1, 0.15) is 0 Å². The molecular weight excluding hydrogens is 346 g/mol. The summed E-state index contributed by atoms with van der Waals surface area (Å²) in [7, 11) is 0. The van der Waals surface area contributed by atoms with Gasteiger partial charge in [-0.15, -0.1) is 0 Å². The largest absolute Gasteiger partial charge is 0.439 e. The number of nitrogens with zero attached hydrogens (tertiary/aromatic N) is 1. The monoisotopic (exact) mass is 365 g/mol. The molecule has 27 heavy (non-hydrogen) atoms. The second kappa shape index (κ2) is 6.85. The molecule has 1 saturated carbocycles. The van der Waals surface area contributed by atoms with Crippen molar-refractivity contribution >= 4 is 5.91 Å². The van der Waals surface area contributed by atoms with Crippen molar-refractivity contribution in [2.75, 3.05) is 13.2 Å². The fraction of sp³-hybridized carbons (Fsp3) is 0.250. The molecule has 138 valence electrons. The van der Waals surface area contributed by atoms with Crippen LogP contribution in [0.2, 0.25) is 0 Å². The zero-order valence-electron chi connectivity index (χ0n) is 14.5. The molecule has 1 amide bonds. The number of carbonyl (C=O) groups is 1. The predicted molar refractivity (Wildman–Crippen MR) is 98.2 cm³/mol. The lowest BCUT2D eigenvalue weighted by Gasteiger charge is -2.16. The van der Waals surface area contributed by atoms with E-state index < -0.39 is 5.76 Å². The quantitative estimate of drug-likeness (QED) is 0.618. The molecule has 2 aromatic carbocycles. The third-order valence-electron chi connectivity index (χ3n) is 5.15. The van der Waals surface area contributed by atoms with E-state index in [1.54, 1.807) is 24.3 Å². The molecule has 3 N–H and O–H groups in total. The van der Waals surface area contributed by atoms with Crippen LogP contribution in [0.5, 0.6) is 0 Å². The second-order valence-electron chi connectivity index (χ2n) is 6.90. The number of amides is 1. The molecule has 0 radical (unpaired) electrons. The lowest BCUT2D eigenvalue weighted by atomic mass is 9.99. The van der Waals surface area contributed by atoms with E-state index in [1.807, 2.05) is 30.3 Å². The normalized spacial score (nSPS) is 21.0. The lowest BCUT2D eigenvalue weighted by Crippen LogP contribution is -2.32. The Hall–Kier alpha value is -3.19. The Balaban J connectivity index is 1.45. The van der Waals surface area contributed by atoms with E-state index in [0.717, 1.165) is 6.42 Å². The van der Waals surface area contributed by atoms with Crippen LogP contribution < -0.4 is 11.1 Å². The van der Waals surface area contributed by atoms with Crippen LogP contribution in [0.3, 0.4) is 0 Å². The average Bonchev–Trinajstić information content (AvgIpc) is 3.29. The molecule has 2 unspecified atom stereocenters. The predicted octanol–water partition coefficient (Wildman–Crippen LogP) is 1.93. The summed E-state index contributed by atoms with van der Waals surface area (Å²) >= 11 is 0. The molecule has 0 aliphatic heterocycles. The summed E-state index contributed by atoms with van der Waals surface area (Å²) in [5, 5.41) is 16.4. The summed E-state index contributed by atoms with van der Waals surface area (Å²) in [5.41, 5.74) is 1.89. The molecule has 7 nitrogen and oxygen atoms in total. The first-order valence-corrected chi connectivity index (χ1v) is 8.72. The van der Waals surface area contributed by atoms with E-state index in [2.05, 4.69) is 20.0 Å². The van der Waals surface area contributed by atoms with Crippen molar-refractivity contribution in [2.45, 2.75) is 12.3 Å². The van der Waals surface area contributed by atoms with E-state index in [9.17, 15) is 14.7 Å². The molecule has 0 bridgehead atoms. The number of aliphatic hydroxyl groups is 1. The third-order valence-corrected chi connectivity index (χ3v) is 5.15. The fourth-order valence-electron chi connectivity index (χ4n) is 3.45. The Morgan fingerprint density at radius 1 is 1.26 bits per heavy atom. The van der Waals surface area contributed by atoms with Crippen molar-refractivity contribution in [1.82, 2.24) is 15.5 Å². The molecule has 1 aliphatic carbocycles. The molecule has 1 aromatic heterocycles. The fourth-order valence-corrected chi connectivity index (χ4v) is 3.45. The van der Waals surface area contributed by atoms with Gasteiger partial charge in [-0.1, -0.05) is 47.6 Å². The van der Waals surface area contributed by atoms with E-state index in [-0.39, 0.29) is 29.7 Å². The maximum Gasteiger partial charge on any atom is 0.439 e. The Kier molecular flexibility index (Phi) is 4.37. The van der Waals surface area contributed by atoms with E-state index in [1.165, 1.54) is 5.56 Å². The number of aromatic amines is 1. The van der Waals surface area contributed by atoms with Crippen LogP contribution in [0.25, 0.3) is 11.4 Å². The van der Waals surface area contributed by atoms with Crippen molar-refractivity contribution in [3.8, 4) is 11.4 Å². The van der Waals surface area contributed by atoms with Gasteiger partial charge in [-0.25, -0.2) is 4.79 Å². The number of hydrogen-bond acceptors (Lipinski definition) is 5. The van der Waals surface area contributed by atoms with Crippen molar-refractivity contribution in [1.29, 1.82) is 0 Å². The molecule has 1 heterocycles. The van der Waals surface area contributed by atoms with Gasteiger partial charge in [-0.05, 0) is 30.0 Å². The summed E-state index contributed by atoms with van der Waals surface area (Å²) in [4.78, 5) is 26.1. The number of H-pyrrole nitrogens is 1. The van der Waals surface area contributed by atoms with Crippen molar-refractivity contribution < 1.29 is 14.4 Å². The van der Waals surface area contributed by atoms with Crippen LogP contribution in [0.1, 0.15) is 28.3 Å². The second-order valence-corrected chi connectivity index (χ2v) is 6.90. The minimum Gasteiger partial charge on any atom is -0.396 e. The molecule has 1 fully saturated rings. The maximum atomic E-state index is 12.6. The number of nitrogens with one attached hydrogen (secondary N) is 2. The number of aromatic nitrogens is 2. The molecule has 2 atom stereocenters. The minimum atomic E-state index is -0.648. The number of rotatable bonds is 6. The number of carbonyl (C=O) groups excluding carboxylic acids is 1. The van der Waals surface area contributed by atoms with Crippen LogP contribution >= 0.6 is 0 Å². The zero-order chi connectivity index (χ0) is 18.9. The first-order chi connectivity index (χ1) is 13.1. The first-order valence-electron chi connectivity index (χ1n) is 8.72. The smallest absolute Gasteiger partial charge is 0.396 e. The van der Waals surface area contributed by atoms with Crippen LogP contribution in [0, 0.1) is 5.41 Å². The highest BCUT2D eigenvalue weighted by Crippen LogP contribution is 2.58. The van der Waals surface area contributed by atoms with Crippen LogP contribution in [0.15, 0.2) is 63.9 Å². The van der Waals surface area contributed by atoms with Gasteiger partial charge in [0.15, 0.2) is 5.82 Å². The van der Waals surface area contributed by atoms with Gasteiger partial charge in [0, 0.05) is 23.1 Å².